The van der Waals surface area contributed by atoms with Crippen LogP contribution in [0.4, 0.5) is 0 Å². The molecule has 1 heterocycles. The Morgan fingerprint density at radius 3 is 2.76 bits per heavy atom. The first-order valence-corrected chi connectivity index (χ1v) is 5.10. The van der Waals surface area contributed by atoms with E-state index in [1.807, 2.05) is 0 Å². The number of amidine groups is 1. The van der Waals surface area contributed by atoms with Crippen LogP contribution in [0.25, 0.3) is 0 Å². The van der Waals surface area contributed by atoms with Crippen LogP contribution in [0.15, 0.2) is 23.5 Å². The van der Waals surface area contributed by atoms with Crippen molar-refractivity contribution in [2.24, 2.45) is 10.9 Å². The van der Waals surface area contributed by atoms with Crippen molar-refractivity contribution in [3.05, 3.63) is 29.6 Å². The molecule has 6 heteroatoms. The number of carbonyl (C=O) groups excluding carboxylic acids is 1. The number of oxime groups is 1. The van der Waals surface area contributed by atoms with Crippen LogP contribution in [0, 0.1) is 6.92 Å². The molecule has 0 saturated heterocycles. The average Bonchev–Trinajstić information content (AvgIpc) is 2.27. The summed E-state index contributed by atoms with van der Waals surface area (Å²) >= 11 is 0. The van der Waals surface area contributed by atoms with Gasteiger partial charge in [0.05, 0.1) is 5.54 Å². The second-order valence-corrected chi connectivity index (χ2v) is 4.25. The number of aromatic nitrogens is 1. The van der Waals surface area contributed by atoms with Crippen LogP contribution in [0.1, 0.15) is 29.9 Å². The van der Waals surface area contributed by atoms with Gasteiger partial charge in [-0.1, -0.05) is 5.16 Å². The van der Waals surface area contributed by atoms with Gasteiger partial charge in [-0.2, -0.15) is 0 Å². The van der Waals surface area contributed by atoms with E-state index in [0.29, 0.717) is 5.56 Å². The Kier molecular flexibility index (Phi) is 3.67. The van der Waals surface area contributed by atoms with Gasteiger partial charge in [-0.15, -0.1) is 0 Å². The predicted molar refractivity (Wildman–Crippen MR) is 63.9 cm³/mol. The van der Waals surface area contributed by atoms with Gasteiger partial charge in [0.1, 0.15) is 0 Å². The van der Waals surface area contributed by atoms with E-state index in [4.69, 9.17) is 10.9 Å². The fraction of sp³-hybridized carbons (Fsp3) is 0.364. The van der Waals surface area contributed by atoms with Crippen LogP contribution in [-0.4, -0.2) is 27.5 Å². The monoisotopic (exact) mass is 236 g/mol. The number of aryl methyl sites for hydroxylation is 1. The van der Waals surface area contributed by atoms with Crippen LogP contribution in [0.2, 0.25) is 0 Å². The summed E-state index contributed by atoms with van der Waals surface area (Å²) < 4.78 is 0. The lowest BCUT2D eigenvalue weighted by Crippen LogP contribution is -2.53. The van der Waals surface area contributed by atoms with Crippen molar-refractivity contribution in [1.82, 2.24) is 10.3 Å². The lowest BCUT2D eigenvalue weighted by atomic mass is 10.0. The molecular formula is C11H16N4O2. The number of nitrogens with zero attached hydrogens (tertiary/aromatic N) is 2. The molecule has 1 rings (SSSR count). The van der Waals surface area contributed by atoms with E-state index in [9.17, 15) is 4.79 Å². The Hall–Kier alpha value is -2.11. The number of amides is 1. The molecule has 0 aliphatic carbocycles. The summed E-state index contributed by atoms with van der Waals surface area (Å²) in [5.41, 5.74) is 5.80. The van der Waals surface area contributed by atoms with Gasteiger partial charge in [0, 0.05) is 17.5 Å². The summed E-state index contributed by atoms with van der Waals surface area (Å²) in [5, 5.41) is 14.2. The number of rotatable bonds is 3. The van der Waals surface area contributed by atoms with Crippen LogP contribution < -0.4 is 11.1 Å². The zero-order chi connectivity index (χ0) is 13.1. The fourth-order valence-electron chi connectivity index (χ4n) is 1.23. The normalized spacial score (nSPS) is 12.3. The molecule has 1 aromatic rings. The number of nitrogens with one attached hydrogen (secondary N) is 1. The molecule has 0 bridgehead atoms. The molecule has 0 atom stereocenters. The van der Waals surface area contributed by atoms with Crippen LogP contribution in [0.3, 0.4) is 0 Å². The minimum absolute atomic E-state index is 0.0587. The van der Waals surface area contributed by atoms with E-state index in [-0.39, 0.29) is 11.7 Å². The van der Waals surface area contributed by atoms with Gasteiger partial charge >= 0.3 is 0 Å². The van der Waals surface area contributed by atoms with Gasteiger partial charge in [0.15, 0.2) is 5.84 Å². The molecule has 0 aliphatic rings. The topological polar surface area (TPSA) is 101 Å². The van der Waals surface area contributed by atoms with E-state index < -0.39 is 5.54 Å². The third-order valence-corrected chi connectivity index (χ3v) is 2.33. The molecule has 0 spiro atoms. The molecule has 1 aromatic heterocycles. The number of hydrogen-bond acceptors (Lipinski definition) is 4. The Balaban J connectivity index is 2.87. The molecular weight excluding hydrogens is 220 g/mol. The highest BCUT2D eigenvalue weighted by Crippen LogP contribution is 2.06. The molecule has 0 saturated carbocycles. The minimum Gasteiger partial charge on any atom is -0.409 e. The van der Waals surface area contributed by atoms with Crippen molar-refractivity contribution in [3.63, 3.8) is 0 Å². The third kappa shape index (κ3) is 3.17. The maximum atomic E-state index is 11.9. The molecule has 0 unspecified atom stereocenters. The van der Waals surface area contributed by atoms with Crippen molar-refractivity contribution in [2.75, 3.05) is 0 Å². The van der Waals surface area contributed by atoms with E-state index in [1.165, 1.54) is 0 Å². The summed E-state index contributed by atoms with van der Waals surface area (Å²) in [6, 6.07) is 3.27. The summed E-state index contributed by atoms with van der Waals surface area (Å²) in [6.45, 7) is 5.09. The van der Waals surface area contributed by atoms with Gasteiger partial charge in [0.2, 0.25) is 0 Å². The van der Waals surface area contributed by atoms with E-state index >= 15 is 0 Å². The lowest BCUT2D eigenvalue weighted by molar-refractivity contribution is 0.0930. The Labute approximate surface area is 99.5 Å². The maximum absolute atomic E-state index is 11.9. The van der Waals surface area contributed by atoms with Crippen molar-refractivity contribution < 1.29 is 10.0 Å². The summed E-state index contributed by atoms with van der Waals surface area (Å²) in [6.07, 6.45) is 1.56. The van der Waals surface area contributed by atoms with Crippen molar-refractivity contribution in [3.8, 4) is 0 Å². The van der Waals surface area contributed by atoms with Crippen molar-refractivity contribution >= 4 is 11.7 Å². The molecule has 17 heavy (non-hydrogen) atoms. The third-order valence-electron chi connectivity index (χ3n) is 2.33. The van der Waals surface area contributed by atoms with Crippen LogP contribution >= 0.6 is 0 Å². The van der Waals surface area contributed by atoms with Crippen LogP contribution in [-0.2, 0) is 0 Å². The van der Waals surface area contributed by atoms with Crippen LogP contribution in [0.5, 0.6) is 0 Å². The SMILES string of the molecule is Cc1cc(C(=O)NC(C)(C)/C(N)=N/O)ccn1. The first-order chi connectivity index (χ1) is 7.86. The summed E-state index contributed by atoms with van der Waals surface area (Å²) in [5.74, 6) is -0.358. The number of nitrogens with two attached hydrogens (primary N) is 1. The molecule has 0 fully saturated rings. The minimum atomic E-state index is -0.914. The number of hydrogen-bond donors (Lipinski definition) is 3. The molecule has 0 radical (unpaired) electrons. The zero-order valence-electron chi connectivity index (χ0n) is 10.1. The maximum Gasteiger partial charge on any atom is 0.252 e. The largest absolute Gasteiger partial charge is 0.409 e. The predicted octanol–water partition coefficient (Wildman–Crippen LogP) is 0.645. The number of carbonyl (C=O) groups is 1. The molecule has 1 amide bonds. The quantitative estimate of drug-likeness (QED) is 0.310. The average molecular weight is 236 g/mol. The molecule has 0 aromatic carbocycles. The molecule has 6 nitrogen and oxygen atoms in total. The highest BCUT2D eigenvalue weighted by atomic mass is 16.4. The van der Waals surface area contributed by atoms with E-state index in [2.05, 4.69) is 15.5 Å². The van der Waals surface area contributed by atoms with Gasteiger partial charge in [0.25, 0.3) is 5.91 Å². The number of pyridine rings is 1. The van der Waals surface area contributed by atoms with Crippen molar-refractivity contribution in [1.29, 1.82) is 0 Å². The fourth-order valence-corrected chi connectivity index (χ4v) is 1.23. The zero-order valence-corrected chi connectivity index (χ0v) is 10.1. The smallest absolute Gasteiger partial charge is 0.252 e. The van der Waals surface area contributed by atoms with Gasteiger partial charge in [-0.3, -0.25) is 9.78 Å². The standard InChI is InChI=1S/C11H16N4O2/c1-7-6-8(4-5-13-7)9(16)14-11(2,3)10(12)15-17/h4-6,17H,1-3H3,(H2,12,15)(H,14,16). The molecule has 4 N–H and O–H groups in total. The summed E-state index contributed by atoms with van der Waals surface area (Å²) in [4.78, 5) is 15.9. The van der Waals surface area contributed by atoms with Gasteiger partial charge < -0.3 is 16.3 Å². The first kappa shape index (κ1) is 13.0. The lowest BCUT2D eigenvalue weighted by Gasteiger charge is -2.24. The second-order valence-electron chi connectivity index (χ2n) is 4.25. The van der Waals surface area contributed by atoms with E-state index in [0.717, 1.165) is 5.69 Å². The second kappa shape index (κ2) is 4.82. The Morgan fingerprint density at radius 1 is 1.59 bits per heavy atom. The molecule has 92 valence electrons. The Bertz CT molecular complexity index is 455. The first-order valence-electron chi connectivity index (χ1n) is 5.10. The van der Waals surface area contributed by atoms with Gasteiger partial charge in [-0.05, 0) is 32.9 Å². The van der Waals surface area contributed by atoms with Gasteiger partial charge in [-0.25, -0.2) is 0 Å². The Morgan fingerprint density at radius 2 is 2.24 bits per heavy atom. The van der Waals surface area contributed by atoms with Crippen molar-refractivity contribution in [2.45, 2.75) is 26.3 Å². The highest BCUT2D eigenvalue weighted by molar-refractivity contribution is 5.99. The highest BCUT2D eigenvalue weighted by Gasteiger charge is 2.26. The van der Waals surface area contributed by atoms with E-state index in [1.54, 1.807) is 39.1 Å². The molecule has 0 aliphatic heterocycles. The summed E-state index contributed by atoms with van der Waals surface area (Å²) in [7, 11) is 0.